The van der Waals surface area contributed by atoms with Crippen LogP contribution in [0.3, 0.4) is 0 Å². The van der Waals surface area contributed by atoms with Crippen molar-refractivity contribution in [1.82, 2.24) is 9.97 Å². The third-order valence-corrected chi connectivity index (χ3v) is 7.13. The van der Waals surface area contributed by atoms with Gasteiger partial charge < -0.3 is 5.32 Å². The van der Waals surface area contributed by atoms with Gasteiger partial charge in [0.15, 0.2) is 15.6 Å². The summed E-state index contributed by atoms with van der Waals surface area (Å²) >= 11 is 0. The Kier molecular flexibility index (Phi) is 7.23. The Bertz CT molecular complexity index is 1360. The van der Waals surface area contributed by atoms with Crippen molar-refractivity contribution >= 4 is 27.2 Å². The first kappa shape index (κ1) is 24.7. The van der Waals surface area contributed by atoms with Crippen LogP contribution < -0.4 is 5.32 Å². The molecule has 0 aliphatic rings. The van der Waals surface area contributed by atoms with Crippen LogP contribution in [0, 0.1) is 11.3 Å². The number of hydrogen-bond acceptors (Lipinski definition) is 7. The molecule has 0 atom stereocenters. The number of benzene rings is 1. The number of rotatable bonds is 8. The average molecular weight is 477 g/mol. The molecule has 9 heteroatoms. The molecule has 3 aromatic rings. The summed E-state index contributed by atoms with van der Waals surface area (Å²) in [7, 11) is -3.29. The van der Waals surface area contributed by atoms with E-state index in [1.54, 1.807) is 57.2 Å². The minimum absolute atomic E-state index is 0.0122. The fraction of sp³-hybridized carbons (Fsp3) is 0.240. The Labute approximate surface area is 198 Å². The molecule has 0 spiro atoms. The van der Waals surface area contributed by atoms with Gasteiger partial charge in [-0.1, -0.05) is 25.1 Å². The van der Waals surface area contributed by atoms with E-state index in [1.807, 2.05) is 6.07 Å². The van der Waals surface area contributed by atoms with Gasteiger partial charge in [-0.25, -0.2) is 13.4 Å². The molecule has 0 saturated heterocycles. The van der Waals surface area contributed by atoms with Gasteiger partial charge in [0, 0.05) is 0 Å². The Morgan fingerprint density at radius 1 is 1.06 bits per heavy atom. The van der Waals surface area contributed by atoms with Gasteiger partial charge >= 0.3 is 0 Å². The molecular weight excluding hydrogens is 452 g/mol. The third-order valence-electron chi connectivity index (χ3n) is 5.38. The number of sulfone groups is 1. The van der Waals surface area contributed by atoms with E-state index in [1.165, 1.54) is 24.4 Å². The van der Waals surface area contributed by atoms with Crippen LogP contribution in [-0.2, 0) is 26.5 Å². The number of ketones is 1. The minimum Gasteiger partial charge on any atom is -0.324 e. The second-order valence-corrected chi connectivity index (χ2v) is 10.5. The lowest BCUT2D eigenvalue weighted by Gasteiger charge is -2.22. The van der Waals surface area contributed by atoms with Gasteiger partial charge in [0.2, 0.25) is 5.91 Å². The van der Waals surface area contributed by atoms with E-state index >= 15 is 0 Å². The molecule has 2 aromatic heterocycles. The number of hydrogen-bond donors (Lipinski definition) is 1. The standard InChI is InChI=1S/C25H24N4O4S/c1-4-34(32,33)20-11-8-17(9-12-20)14-23(30)29-19-10-13-21(27-16-19)24(31)25(2,3)22-7-5-6-18(15-26)28-22/h5-13,16H,4,14H2,1-3H3,(H,29,30). The van der Waals surface area contributed by atoms with Crippen molar-refractivity contribution in [3.05, 3.63) is 83.4 Å². The first-order valence-electron chi connectivity index (χ1n) is 10.6. The Balaban J connectivity index is 1.66. The number of carbonyl (C=O) groups excluding carboxylic acids is 2. The number of nitriles is 1. The number of nitrogens with zero attached hydrogens (tertiary/aromatic N) is 3. The van der Waals surface area contributed by atoms with E-state index < -0.39 is 15.3 Å². The molecule has 0 saturated carbocycles. The summed E-state index contributed by atoms with van der Waals surface area (Å²) < 4.78 is 23.8. The van der Waals surface area contributed by atoms with Crippen molar-refractivity contribution in [2.45, 2.75) is 37.5 Å². The second-order valence-electron chi connectivity index (χ2n) is 8.18. The van der Waals surface area contributed by atoms with Gasteiger partial charge in [0.05, 0.1) is 40.1 Å². The predicted molar refractivity (Wildman–Crippen MR) is 127 cm³/mol. The Hall–Kier alpha value is -3.90. The fourth-order valence-corrected chi connectivity index (χ4v) is 4.14. The molecule has 0 aliphatic carbocycles. The number of carbonyl (C=O) groups is 2. The van der Waals surface area contributed by atoms with E-state index in [4.69, 9.17) is 5.26 Å². The highest BCUT2D eigenvalue weighted by Crippen LogP contribution is 2.26. The monoisotopic (exact) mass is 476 g/mol. The van der Waals surface area contributed by atoms with E-state index in [2.05, 4.69) is 15.3 Å². The number of nitrogens with one attached hydrogen (secondary N) is 1. The van der Waals surface area contributed by atoms with Crippen LogP contribution >= 0.6 is 0 Å². The summed E-state index contributed by atoms with van der Waals surface area (Å²) in [4.78, 5) is 34.1. The number of Topliss-reactive ketones (excluding diaryl/α,β-unsaturated/α-hetero) is 1. The first-order valence-corrected chi connectivity index (χ1v) is 12.2. The predicted octanol–water partition coefficient (Wildman–Crippen LogP) is 3.48. The fourth-order valence-electron chi connectivity index (χ4n) is 3.26. The van der Waals surface area contributed by atoms with Crippen LogP contribution in [0.25, 0.3) is 0 Å². The molecule has 34 heavy (non-hydrogen) atoms. The lowest BCUT2D eigenvalue weighted by Crippen LogP contribution is -2.31. The first-order chi connectivity index (χ1) is 16.1. The van der Waals surface area contributed by atoms with Gasteiger partial charge in [-0.05, 0) is 55.8 Å². The summed E-state index contributed by atoms with van der Waals surface area (Å²) in [5.41, 5.74) is 0.997. The van der Waals surface area contributed by atoms with Gasteiger partial charge in [0.25, 0.3) is 0 Å². The lowest BCUT2D eigenvalue weighted by molar-refractivity contribution is -0.115. The maximum atomic E-state index is 13.0. The molecule has 1 N–H and O–H groups in total. The minimum atomic E-state index is -3.29. The zero-order valence-electron chi connectivity index (χ0n) is 19.1. The number of pyridine rings is 2. The molecule has 0 aliphatic heterocycles. The highest BCUT2D eigenvalue weighted by Gasteiger charge is 2.33. The molecule has 0 fully saturated rings. The zero-order chi connectivity index (χ0) is 24.9. The number of aromatic nitrogens is 2. The number of anilines is 1. The van der Waals surface area contributed by atoms with Gasteiger partial charge in [0.1, 0.15) is 17.5 Å². The van der Waals surface area contributed by atoms with Crippen molar-refractivity contribution in [3.8, 4) is 6.07 Å². The summed E-state index contributed by atoms with van der Waals surface area (Å²) in [5.74, 6) is -0.557. The van der Waals surface area contributed by atoms with Crippen molar-refractivity contribution < 1.29 is 18.0 Å². The smallest absolute Gasteiger partial charge is 0.228 e. The molecule has 1 amide bonds. The van der Waals surface area contributed by atoms with Gasteiger partial charge in [-0.2, -0.15) is 5.26 Å². The van der Waals surface area contributed by atoms with Crippen molar-refractivity contribution in [2.24, 2.45) is 0 Å². The summed E-state index contributed by atoms with van der Waals surface area (Å²) in [6, 6.07) is 16.2. The van der Waals surface area contributed by atoms with Crippen LogP contribution in [-0.4, -0.2) is 35.8 Å². The van der Waals surface area contributed by atoms with Crippen LogP contribution in [0.2, 0.25) is 0 Å². The second kappa shape index (κ2) is 9.93. The highest BCUT2D eigenvalue weighted by atomic mass is 32.2. The highest BCUT2D eigenvalue weighted by molar-refractivity contribution is 7.91. The SMILES string of the molecule is CCS(=O)(=O)c1ccc(CC(=O)Nc2ccc(C(=O)C(C)(C)c3cccc(C#N)n3)nc2)cc1. The Morgan fingerprint density at radius 3 is 2.35 bits per heavy atom. The topological polar surface area (TPSA) is 130 Å². The largest absolute Gasteiger partial charge is 0.324 e. The van der Waals surface area contributed by atoms with Crippen LogP contribution in [0.4, 0.5) is 5.69 Å². The molecule has 2 heterocycles. The van der Waals surface area contributed by atoms with Crippen LogP contribution in [0.15, 0.2) is 65.7 Å². The van der Waals surface area contributed by atoms with Gasteiger partial charge in [-0.3, -0.25) is 14.6 Å². The van der Waals surface area contributed by atoms with E-state index in [9.17, 15) is 18.0 Å². The van der Waals surface area contributed by atoms with E-state index in [0.29, 0.717) is 16.9 Å². The van der Waals surface area contributed by atoms with Crippen molar-refractivity contribution in [2.75, 3.05) is 11.1 Å². The molecule has 1 aromatic carbocycles. The number of amides is 1. The molecule has 174 valence electrons. The maximum Gasteiger partial charge on any atom is 0.228 e. The molecule has 0 unspecified atom stereocenters. The van der Waals surface area contributed by atoms with Gasteiger partial charge in [-0.15, -0.1) is 0 Å². The molecule has 0 bridgehead atoms. The summed E-state index contributed by atoms with van der Waals surface area (Å²) in [6.45, 7) is 5.01. The van der Waals surface area contributed by atoms with Crippen LogP contribution in [0.1, 0.15) is 48.2 Å². The molecular formula is C25H24N4O4S. The zero-order valence-corrected chi connectivity index (χ0v) is 19.9. The molecule has 3 rings (SSSR count). The van der Waals surface area contributed by atoms with E-state index in [0.717, 1.165) is 0 Å². The summed E-state index contributed by atoms with van der Waals surface area (Å²) in [6.07, 6.45) is 1.46. The van der Waals surface area contributed by atoms with Crippen molar-refractivity contribution in [1.29, 1.82) is 5.26 Å². The quantitative estimate of drug-likeness (QED) is 0.493. The van der Waals surface area contributed by atoms with Crippen LogP contribution in [0.5, 0.6) is 0 Å². The average Bonchev–Trinajstić information content (AvgIpc) is 2.84. The summed E-state index contributed by atoms with van der Waals surface area (Å²) in [5, 5.41) is 11.8. The lowest BCUT2D eigenvalue weighted by atomic mass is 9.82. The molecule has 0 radical (unpaired) electrons. The Morgan fingerprint density at radius 2 is 1.76 bits per heavy atom. The van der Waals surface area contributed by atoms with Crippen molar-refractivity contribution in [3.63, 3.8) is 0 Å². The third kappa shape index (κ3) is 5.53. The molecule has 8 nitrogen and oxygen atoms in total. The normalized spacial score (nSPS) is 11.5. The van der Waals surface area contributed by atoms with E-state index in [-0.39, 0.29) is 40.1 Å². The maximum absolute atomic E-state index is 13.0.